The van der Waals surface area contributed by atoms with Gasteiger partial charge in [0, 0.05) is 7.05 Å². The Morgan fingerprint density at radius 3 is 2.40 bits per heavy atom. The molecule has 2 N–H and O–H groups in total. The summed E-state index contributed by atoms with van der Waals surface area (Å²) in [5.41, 5.74) is 2.13. The number of hydrogen-bond acceptors (Lipinski definition) is 3. The topological polar surface area (TPSA) is 63.1 Å². The summed E-state index contributed by atoms with van der Waals surface area (Å²) in [6, 6.07) is 8.84. The van der Waals surface area contributed by atoms with Crippen LogP contribution in [0.3, 0.4) is 0 Å². The van der Waals surface area contributed by atoms with Crippen LogP contribution in [0.15, 0.2) is 41.6 Å². The van der Waals surface area contributed by atoms with Crippen molar-refractivity contribution in [2.75, 3.05) is 33.3 Å². The number of urea groups is 1. The third-order valence-electron chi connectivity index (χ3n) is 4.62. The molecule has 6 nitrogen and oxygen atoms in total. The van der Waals surface area contributed by atoms with Gasteiger partial charge in [-0.3, -0.25) is 4.90 Å². The lowest BCUT2D eigenvalue weighted by Crippen LogP contribution is -3.11. The molecule has 0 aromatic heterocycles. The van der Waals surface area contributed by atoms with Crippen molar-refractivity contribution in [2.24, 2.45) is 0 Å². The van der Waals surface area contributed by atoms with E-state index in [9.17, 15) is 9.59 Å². The molecule has 136 valence electrons. The number of ether oxygens (including phenoxy) is 1. The van der Waals surface area contributed by atoms with Crippen LogP contribution in [0.1, 0.15) is 32.4 Å². The highest BCUT2D eigenvalue weighted by molar-refractivity contribution is 5.95. The van der Waals surface area contributed by atoms with Gasteiger partial charge >= 0.3 is 12.0 Å². The summed E-state index contributed by atoms with van der Waals surface area (Å²) in [5, 5.41) is 2.93. The third kappa shape index (κ3) is 4.20. The van der Waals surface area contributed by atoms with Crippen LogP contribution in [0, 0.1) is 0 Å². The number of benzene rings is 1. The molecule has 6 heteroatoms. The molecular formula is C19H28N3O3+. The van der Waals surface area contributed by atoms with Crippen LogP contribution in [-0.2, 0) is 9.53 Å². The Hall–Kier alpha value is -2.34. The highest BCUT2D eigenvalue weighted by Gasteiger charge is 2.37. The van der Waals surface area contributed by atoms with Crippen LogP contribution >= 0.6 is 0 Å². The minimum Gasteiger partial charge on any atom is -0.463 e. The van der Waals surface area contributed by atoms with Gasteiger partial charge in [-0.15, -0.1) is 0 Å². The summed E-state index contributed by atoms with van der Waals surface area (Å²) in [7, 11) is 1.70. The molecule has 0 spiro atoms. The Kier molecular flexibility index (Phi) is 6.58. The van der Waals surface area contributed by atoms with Gasteiger partial charge in [-0.25, -0.2) is 9.59 Å². The number of esters is 1. The number of rotatable bonds is 7. The molecule has 1 atom stereocenters. The van der Waals surface area contributed by atoms with E-state index in [-0.39, 0.29) is 12.0 Å². The number of nitrogens with zero attached hydrogens (tertiary/aromatic N) is 1. The van der Waals surface area contributed by atoms with Crippen molar-refractivity contribution in [3.8, 4) is 0 Å². The molecule has 1 aliphatic rings. The molecule has 0 radical (unpaired) electrons. The largest absolute Gasteiger partial charge is 0.463 e. The lowest BCUT2D eigenvalue weighted by atomic mass is 9.94. The smallest absolute Gasteiger partial charge is 0.338 e. The van der Waals surface area contributed by atoms with E-state index in [0.29, 0.717) is 18.7 Å². The van der Waals surface area contributed by atoms with Crippen molar-refractivity contribution < 1.29 is 19.2 Å². The first-order chi connectivity index (χ1) is 12.0. The molecule has 0 fully saturated rings. The van der Waals surface area contributed by atoms with Crippen LogP contribution in [0.2, 0.25) is 0 Å². The summed E-state index contributed by atoms with van der Waals surface area (Å²) in [6.45, 7) is 8.73. The number of carbonyl (C=O) groups is 2. The van der Waals surface area contributed by atoms with Gasteiger partial charge in [0.15, 0.2) is 0 Å². The molecule has 0 aliphatic carbocycles. The van der Waals surface area contributed by atoms with Crippen LogP contribution in [-0.4, -0.2) is 50.2 Å². The quantitative estimate of drug-likeness (QED) is 0.728. The second kappa shape index (κ2) is 8.67. The predicted octanol–water partition coefficient (Wildman–Crippen LogP) is 1.12. The maximum atomic E-state index is 12.7. The molecule has 2 amide bonds. The van der Waals surface area contributed by atoms with Crippen LogP contribution in [0.4, 0.5) is 4.79 Å². The van der Waals surface area contributed by atoms with E-state index in [1.807, 2.05) is 30.3 Å². The molecule has 1 aliphatic heterocycles. The number of quaternary nitrogens is 1. The Balaban J connectivity index is 2.55. The Morgan fingerprint density at radius 1 is 1.20 bits per heavy atom. The van der Waals surface area contributed by atoms with E-state index in [1.165, 1.54) is 9.80 Å². The number of carbonyl (C=O) groups excluding carboxylic acids is 2. The van der Waals surface area contributed by atoms with Gasteiger partial charge in [0.2, 0.25) is 0 Å². The standard InChI is InChI=1S/C19H27N3O3/c1-5-22(6-2)13-15-16(18(23)25-7-3)17(20-19(24)21(15)4)14-11-9-8-10-12-14/h8-12,17H,5-7,13H2,1-4H3,(H,20,24)/p+1/t17-/m0/s1. The summed E-state index contributed by atoms with van der Waals surface area (Å²) in [5.74, 6) is -0.371. The second-order valence-electron chi connectivity index (χ2n) is 6.07. The van der Waals surface area contributed by atoms with Crippen LogP contribution < -0.4 is 10.2 Å². The Morgan fingerprint density at radius 2 is 1.84 bits per heavy atom. The molecule has 0 bridgehead atoms. The monoisotopic (exact) mass is 346 g/mol. The van der Waals surface area contributed by atoms with E-state index in [1.54, 1.807) is 14.0 Å². The summed E-state index contributed by atoms with van der Waals surface area (Å²) in [4.78, 5) is 28.1. The van der Waals surface area contributed by atoms with Crippen molar-refractivity contribution in [3.63, 3.8) is 0 Å². The van der Waals surface area contributed by atoms with Crippen molar-refractivity contribution in [1.82, 2.24) is 10.2 Å². The second-order valence-corrected chi connectivity index (χ2v) is 6.07. The average molecular weight is 346 g/mol. The highest BCUT2D eigenvalue weighted by Crippen LogP contribution is 2.30. The average Bonchev–Trinajstić information content (AvgIpc) is 2.63. The fraction of sp³-hybridized carbons (Fsp3) is 0.474. The lowest BCUT2D eigenvalue weighted by Gasteiger charge is -2.35. The SMILES string of the molecule is CCOC(=O)C1=C(C[NH+](CC)CC)N(C)C(=O)N[C@H]1c1ccccc1. The fourth-order valence-corrected chi connectivity index (χ4v) is 3.05. The van der Waals surface area contributed by atoms with Gasteiger partial charge in [0.05, 0.1) is 37.0 Å². The van der Waals surface area contributed by atoms with Crippen molar-refractivity contribution >= 4 is 12.0 Å². The van der Waals surface area contributed by atoms with E-state index >= 15 is 0 Å². The Bertz CT molecular complexity index is 639. The number of hydrogen-bond donors (Lipinski definition) is 2. The number of likely N-dealkylation sites (N-methyl/N-ethyl adjacent to an activating group) is 2. The maximum absolute atomic E-state index is 12.7. The molecule has 0 saturated carbocycles. The van der Waals surface area contributed by atoms with Gasteiger partial charge in [0.1, 0.15) is 6.54 Å². The zero-order chi connectivity index (χ0) is 18.4. The molecule has 1 heterocycles. The van der Waals surface area contributed by atoms with Crippen LogP contribution in [0.25, 0.3) is 0 Å². The van der Waals surface area contributed by atoms with E-state index in [0.717, 1.165) is 24.4 Å². The van der Waals surface area contributed by atoms with Gasteiger partial charge in [-0.1, -0.05) is 30.3 Å². The molecular weight excluding hydrogens is 318 g/mol. The van der Waals surface area contributed by atoms with Gasteiger partial charge in [-0.05, 0) is 26.3 Å². The van der Waals surface area contributed by atoms with Crippen LogP contribution in [0.5, 0.6) is 0 Å². The van der Waals surface area contributed by atoms with E-state index in [2.05, 4.69) is 19.2 Å². The molecule has 25 heavy (non-hydrogen) atoms. The third-order valence-corrected chi connectivity index (χ3v) is 4.62. The maximum Gasteiger partial charge on any atom is 0.338 e. The number of nitrogens with one attached hydrogen (secondary N) is 2. The highest BCUT2D eigenvalue weighted by atomic mass is 16.5. The minimum absolute atomic E-state index is 0.205. The zero-order valence-corrected chi connectivity index (χ0v) is 15.5. The summed E-state index contributed by atoms with van der Waals surface area (Å²) >= 11 is 0. The van der Waals surface area contributed by atoms with Gasteiger partial charge in [-0.2, -0.15) is 0 Å². The van der Waals surface area contributed by atoms with Crippen molar-refractivity contribution in [3.05, 3.63) is 47.2 Å². The van der Waals surface area contributed by atoms with Gasteiger partial charge < -0.3 is 15.0 Å². The van der Waals surface area contributed by atoms with E-state index in [4.69, 9.17) is 4.74 Å². The first-order valence-electron chi connectivity index (χ1n) is 8.86. The zero-order valence-electron chi connectivity index (χ0n) is 15.5. The first-order valence-corrected chi connectivity index (χ1v) is 8.86. The fourth-order valence-electron chi connectivity index (χ4n) is 3.05. The summed E-state index contributed by atoms with van der Waals surface area (Å²) < 4.78 is 5.31. The minimum atomic E-state index is -0.492. The summed E-state index contributed by atoms with van der Waals surface area (Å²) in [6.07, 6.45) is 0. The molecule has 1 aromatic carbocycles. The van der Waals surface area contributed by atoms with E-state index < -0.39 is 6.04 Å². The van der Waals surface area contributed by atoms with Crippen molar-refractivity contribution in [2.45, 2.75) is 26.8 Å². The normalized spacial score (nSPS) is 17.7. The van der Waals surface area contributed by atoms with Gasteiger partial charge in [0.25, 0.3) is 0 Å². The van der Waals surface area contributed by atoms with Crippen molar-refractivity contribution in [1.29, 1.82) is 0 Å². The first kappa shape index (κ1) is 19.0. The molecule has 0 unspecified atom stereocenters. The lowest BCUT2D eigenvalue weighted by molar-refractivity contribution is -0.892. The Labute approximate surface area is 149 Å². The number of amides is 2. The molecule has 1 aromatic rings. The molecule has 2 rings (SSSR count). The molecule has 0 saturated heterocycles. The predicted molar refractivity (Wildman–Crippen MR) is 96.0 cm³/mol.